The zero-order valence-electron chi connectivity index (χ0n) is 29.2. The lowest BCUT2D eigenvalue weighted by atomic mass is 9.93. The molecule has 11 nitrogen and oxygen atoms in total. The zero-order chi connectivity index (χ0) is 35.9. The molecule has 0 fully saturated rings. The number of carbonyl (C=O) groups excluding carboxylic acids is 4. The maximum Gasteiger partial charge on any atom is 0.261 e. The van der Waals surface area contributed by atoms with E-state index in [1.54, 1.807) is 30.7 Å². The molecule has 0 bridgehead atoms. The first-order chi connectivity index (χ1) is 25.3. The minimum atomic E-state index is -0.279. The monoisotopic (exact) mass is 693 g/mol. The van der Waals surface area contributed by atoms with E-state index in [4.69, 9.17) is 0 Å². The molecule has 8 rings (SSSR count). The van der Waals surface area contributed by atoms with E-state index in [1.165, 1.54) is 9.80 Å². The van der Waals surface area contributed by atoms with E-state index in [1.807, 2.05) is 82.3 Å². The Morgan fingerprint density at radius 1 is 0.615 bits per heavy atom. The topological polar surface area (TPSA) is 113 Å². The maximum atomic E-state index is 13.7. The Morgan fingerprint density at radius 3 is 1.73 bits per heavy atom. The van der Waals surface area contributed by atoms with Gasteiger partial charge < -0.3 is 14.5 Å². The summed E-state index contributed by atoms with van der Waals surface area (Å²) < 4.78 is 3.87. The lowest BCUT2D eigenvalue weighted by molar-refractivity contribution is 0.0579. The van der Waals surface area contributed by atoms with E-state index < -0.39 is 0 Å². The molecule has 0 radical (unpaired) electrons. The number of benzene rings is 4. The van der Waals surface area contributed by atoms with Crippen molar-refractivity contribution in [2.24, 2.45) is 0 Å². The van der Waals surface area contributed by atoms with Gasteiger partial charge in [0.25, 0.3) is 23.6 Å². The predicted molar refractivity (Wildman–Crippen MR) is 199 cm³/mol. The van der Waals surface area contributed by atoms with Crippen LogP contribution in [0.3, 0.4) is 0 Å². The van der Waals surface area contributed by atoms with Crippen LogP contribution in [0.25, 0.3) is 32.9 Å². The number of imidazole rings is 1. The minimum Gasteiger partial charge on any atom is -0.323 e. The Bertz CT molecular complexity index is 2300. The van der Waals surface area contributed by atoms with Gasteiger partial charge in [-0.1, -0.05) is 24.3 Å². The van der Waals surface area contributed by atoms with Crippen molar-refractivity contribution in [3.05, 3.63) is 126 Å². The summed E-state index contributed by atoms with van der Waals surface area (Å²) in [6.07, 6.45) is 9.95. The Morgan fingerprint density at radius 2 is 1.17 bits per heavy atom. The molecule has 4 aromatic carbocycles. The number of rotatable bonds is 13. The molecule has 6 aromatic rings. The molecule has 2 aliphatic rings. The van der Waals surface area contributed by atoms with Gasteiger partial charge in [-0.2, -0.15) is 0 Å². The van der Waals surface area contributed by atoms with Crippen LogP contribution in [0.4, 0.5) is 0 Å². The number of aromatic nitrogens is 3. The summed E-state index contributed by atoms with van der Waals surface area (Å²) >= 11 is 0. The fourth-order valence-corrected chi connectivity index (χ4v) is 7.59. The largest absolute Gasteiger partial charge is 0.323 e. The van der Waals surface area contributed by atoms with Crippen LogP contribution in [0.1, 0.15) is 61.7 Å². The van der Waals surface area contributed by atoms with E-state index >= 15 is 0 Å². The van der Waals surface area contributed by atoms with Gasteiger partial charge in [-0.25, -0.2) is 4.98 Å². The van der Waals surface area contributed by atoms with Crippen LogP contribution < -0.4 is 5.32 Å². The number of hydrogen-bond acceptors (Lipinski definition) is 7. The molecule has 11 heteroatoms. The first kappa shape index (κ1) is 33.2. The van der Waals surface area contributed by atoms with Gasteiger partial charge in [0, 0.05) is 101 Å². The highest BCUT2D eigenvalue weighted by atomic mass is 16.2. The molecule has 1 N–H and O–H groups in total. The third-order valence-electron chi connectivity index (χ3n) is 10.3. The second kappa shape index (κ2) is 13.7. The van der Waals surface area contributed by atoms with Crippen molar-refractivity contribution in [2.75, 3.05) is 39.3 Å². The number of carbonyl (C=O) groups is 4. The number of nitrogens with one attached hydrogen (secondary N) is 1. The van der Waals surface area contributed by atoms with Crippen LogP contribution in [0.5, 0.6) is 0 Å². The maximum absolute atomic E-state index is 13.7. The summed E-state index contributed by atoms with van der Waals surface area (Å²) in [6.45, 7) is 7.20. The third-order valence-corrected chi connectivity index (χ3v) is 10.3. The summed E-state index contributed by atoms with van der Waals surface area (Å²) in [4.78, 5) is 63.6. The van der Waals surface area contributed by atoms with E-state index in [2.05, 4.69) is 29.0 Å². The Hall–Kier alpha value is -5.91. The molecule has 0 spiro atoms. The van der Waals surface area contributed by atoms with Crippen molar-refractivity contribution in [3.63, 3.8) is 0 Å². The molecule has 2 aromatic heterocycles. The van der Waals surface area contributed by atoms with Crippen LogP contribution in [0, 0.1) is 0 Å². The normalized spacial score (nSPS) is 14.2. The lowest BCUT2D eigenvalue weighted by Gasteiger charge is -2.32. The van der Waals surface area contributed by atoms with Crippen LogP contribution in [0.2, 0.25) is 0 Å². The van der Waals surface area contributed by atoms with Gasteiger partial charge in [0.15, 0.2) is 0 Å². The average Bonchev–Trinajstić information content (AvgIpc) is 3.90. The van der Waals surface area contributed by atoms with Gasteiger partial charge in [-0.05, 0) is 81.9 Å². The first-order valence-electron chi connectivity index (χ1n) is 17.7. The summed E-state index contributed by atoms with van der Waals surface area (Å²) in [6, 6.07) is 22.8. The highest BCUT2D eigenvalue weighted by molar-refractivity contribution is 6.27. The van der Waals surface area contributed by atoms with Crippen molar-refractivity contribution in [3.8, 4) is 11.4 Å². The molecule has 0 unspecified atom stereocenters. The third kappa shape index (κ3) is 5.68. The van der Waals surface area contributed by atoms with Crippen LogP contribution >= 0.6 is 0 Å². The fraction of sp³-hybridized carbons (Fsp3) is 0.244. The number of nitrogens with zero attached hydrogens (tertiary/aromatic N) is 6. The van der Waals surface area contributed by atoms with Crippen molar-refractivity contribution in [1.82, 2.24) is 34.1 Å². The van der Waals surface area contributed by atoms with Crippen LogP contribution in [-0.4, -0.2) is 97.8 Å². The van der Waals surface area contributed by atoms with E-state index in [9.17, 15) is 19.2 Å². The summed E-state index contributed by atoms with van der Waals surface area (Å²) in [5.74, 6) is -1.11. The molecule has 4 heterocycles. The highest BCUT2D eigenvalue weighted by Crippen LogP contribution is 2.35. The smallest absolute Gasteiger partial charge is 0.261 e. The van der Waals surface area contributed by atoms with E-state index in [-0.39, 0.29) is 42.8 Å². The number of imide groups is 2. The standard InChI is InChI=1S/C41H39N7O4/c1-27(2)44(24-25-48-39(50)31-11-6-9-29-35(46-22-17-43-26-46)15-13-33(37(29)31)41(48)52)21-7-16-42-18-23-47-38(49)30-10-5-8-28-34(45-19-3-4-20-45)14-12-32(36(28)30)40(47)51/h3-6,8-15,17,19-20,22,26-27,42H,7,16,18,21,23-25H2,1-2H3. The van der Waals surface area contributed by atoms with Gasteiger partial charge in [0.05, 0.1) is 17.7 Å². The molecular formula is C41H39N7O4. The van der Waals surface area contributed by atoms with Crippen molar-refractivity contribution >= 4 is 45.2 Å². The first-order valence-corrected chi connectivity index (χ1v) is 17.7. The second-order valence-corrected chi connectivity index (χ2v) is 13.5. The zero-order valence-corrected chi connectivity index (χ0v) is 29.2. The average molecular weight is 694 g/mol. The van der Waals surface area contributed by atoms with Gasteiger partial charge in [0.2, 0.25) is 0 Å². The molecular weight excluding hydrogens is 654 g/mol. The quantitative estimate of drug-likeness (QED) is 0.125. The van der Waals surface area contributed by atoms with Gasteiger partial charge in [-0.3, -0.25) is 33.9 Å². The molecule has 2 aliphatic heterocycles. The summed E-state index contributed by atoms with van der Waals surface area (Å²) in [5.41, 5.74) is 3.93. The SMILES string of the molecule is CC(C)N(CCCNCCN1C(=O)c2cccc3c(-n4cccc4)ccc(c23)C1=O)CCN1C(=O)c2cccc3c(-n4ccnc4)ccc(c23)C1=O. The van der Waals surface area contributed by atoms with E-state index in [0.29, 0.717) is 52.7 Å². The summed E-state index contributed by atoms with van der Waals surface area (Å²) in [7, 11) is 0. The molecule has 0 saturated carbocycles. The fourth-order valence-electron chi connectivity index (χ4n) is 7.59. The second-order valence-electron chi connectivity index (χ2n) is 13.5. The van der Waals surface area contributed by atoms with Crippen molar-refractivity contribution < 1.29 is 19.2 Å². The predicted octanol–water partition coefficient (Wildman–Crippen LogP) is 5.55. The Labute approximate surface area is 301 Å². The van der Waals surface area contributed by atoms with Gasteiger partial charge in [-0.15, -0.1) is 0 Å². The van der Waals surface area contributed by atoms with Gasteiger partial charge >= 0.3 is 0 Å². The minimum absolute atomic E-state index is 0.202. The van der Waals surface area contributed by atoms with Crippen LogP contribution in [0.15, 0.2) is 104 Å². The molecule has 52 heavy (non-hydrogen) atoms. The van der Waals surface area contributed by atoms with Crippen molar-refractivity contribution in [2.45, 2.75) is 26.3 Å². The van der Waals surface area contributed by atoms with Crippen LogP contribution in [-0.2, 0) is 0 Å². The van der Waals surface area contributed by atoms with E-state index in [0.717, 1.165) is 35.1 Å². The molecule has 4 amide bonds. The summed E-state index contributed by atoms with van der Waals surface area (Å²) in [5, 5.41) is 6.50. The molecule has 0 atom stereocenters. The van der Waals surface area contributed by atoms with Crippen molar-refractivity contribution in [1.29, 1.82) is 0 Å². The Kier molecular flexibility index (Phi) is 8.74. The molecule has 0 saturated heterocycles. The number of hydrogen-bond donors (Lipinski definition) is 1. The lowest BCUT2D eigenvalue weighted by Crippen LogP contribution is -2.46. The number of amides is 4. The highest BCUT2D eigenvalue weighted by Gasteiger charge is 2.35. The Balaban J connectivity index is 0.861. The molecule has 262 valence electrons. The molecule has 0 aliphatic carbocycles. The van der Waals surface area contributed by atoms with Gasteiger partial charge in [0.1, 0.15) is 0 Å².